The van der Waals surface area contributed by atoms with Crippen LogP contribution in [0.5, 0.6) is 0 Å². The maximum Gasteiger partial charge on any atom is 0.273 e. The van der Waals surface area contributed by atoms with E-state index in [9.17, 15) is 4.79 Å². The lowest BCUT2D eigenvalue weighted by molar-refractivity contribution is 0.0592. The second-order valence-corrected chi connectivity index (χ2v) is 13.4. The lowest BCUT2D eigenvalue weighted by Crippen LogP contribution is -2.50. The monoisotopic (exact) mass is 686 g/mol. The van der Waals surface area contributed by atoms with Crippen molar-refractivity contribution < 1.29 is 9.21 Å². The molecule has 6 aromatic rings. The molecule has 0 bridgehead atoms. The van der Waals surface area contributed by atoms with Crippen LogP contribution in [0.3, 0.4) is 0 Å². The molecule has 0 aliphatic carbocycles. The minimum absolute atomic E-state index is 0.0396. The Kier molecular flexibility index (Phi) is 9.23. The number of aromatic nitrogens is 4. The highest BCUT2D eigenvalue weighted by Gasteiger charge is 2.29. The van der Waals surface area contributed by atoms with E-state index in [1.807, 2.05) is 39.1 Å². The van der Waals surface area contributed by atoms with Crippen LogP contribution < -0.4 is 0 Å². The number of halogens is 2. The summed E-state index contributed by atoms with van der Waals surface area (Å²) < 4.78 is 7.49. The van der Waals surface area contributed by atoms with Gasteiger partial charge in [-0.25, -0.2) is 4.98 Å². The summed E-state index contributed by atoms with van der Waals surface area (Å²) >= 11 is 15.5. The van der Waals surface area contributed by atoms with Gasteiger partial charge in [-0.05, 0) is 41.5 Å². The van der Waals surface area contributed by atoms with Crippen LogP contribution in [0.1, 0.15) is 32.7 Å². The van der Waals surface area contributed by atoms with Gasteiger partial charge in [-0.2, -0.15) is 0 Å². The summed E-state index contributed by atoms with van der Waals surface area (Å²) in [5.74, 6) is 1.59. The summed E-state index contributed by atoms with van der Waals surface area (Å²) in [6.07, 6.45) is 1.59. The molecule has 1 aliphatic rings. The van der Waals surface area contributed by atoms with Gasteiger partial charge in [-0.15, -0.1) is 21.5 Å². The Morgan fingerprint density at radius 3 is 2.24 bits per heavy atom. The van der Waals surface area contributed by atoms with Crippen LogP contribution in [-0.4, -0.2) is 61.6 Å². The largest absolute Gasteiger partial charge is 0.461 e. The molecule has 3 aromatic heterocycles. The zero-order chi connectivity index (χ0) is 31.5. The number of amides is 1. The molecule has 8 nitrogen and oxygen atoms in total. The van der Waals surface area contributed by atoms with Crippen molar-refractivity contribution in [2.45, 2.75) is 17.0 Å². The summed E-state index contributed by atoms with van der Waals surface area (Å²) in [5, 5.41) is 13.0. The van der Waals surface area contributed by atoms with Crippen LogP contribution in [-0.2, 0) is 5.75 Å². The molecule has 0 atom stereocenters. The number of piperazine rings is 1. The van der Waals surface area contributed by atoms with E-state index < -0.39 is 0 Å². The number of nitrogens with zero attached hydrogens (tertiary/aromatic N) is 6. The van der Waals surface area contributed by atoms with Crippen LogP contribution >= 0.6 is 46.3 Å². The summed E-state index contributed by atoms with van der Waals surface area (Å²) in [7, 11) is 0. The molecule has 0 radical (unpaired) electrons. The minimum Gasteiger partial charge on any atom is -0.461 e. The van der Waals surface area contributed by atoms with Gasteiger partial charge in [0.1, 0.15) is 10.7 Å². The standard InChI is InChI=1S/C34H28Cl2N6O2S2/c35-26-14-13-25(20-27(26)36)42-32(29-12-7-19-44-29)38-39-34(42)46-22-30-37-28(21-45-30)33(43)41-17-15-40(16-18-41)31(23-8-3-1-4-9-23)24-10-5-2-6-11-24/h1-14,19-21,31H,15-18,22H2. The highest BCUT2D eigenvalue weighted by atomic mass is 35.5. The average molecular weight is 688 g/mol. The molecular formula is C34H28Cl2N6O2S2. The van der Waals surface area contributed by atoms with Crippen molar-refractivity contribution in [2.24, 2.45) is 0 Å². The topological polar surface area (TPSA) is 80.3 Å². The Labute approximate surface area is 284 Å². The third kappa shape index (κ3) is 6.49. The van der Waals surface area contributed by atoms with Crippen LogP contribution in [0.4, 0.5) is 0 Å². The van der Waals surface area contributed by atoms with Gasteiger partial charge in [0.25, 0.3) is 5.91 Å². The fourth-order valence-corrected chi connectivity index (χ4v) is 7.65. The van der Waals surface area contributed by atoms with E-state index in [1.165, 1.54) is 34.2 Å². The van der Waals surface area contributed by atoms with Crippen LogP contribution in [0.2, 0.25) is 10.0 Å². The van der Waals surface area contributed by atoms with Crippen molar-refractivity contribution in [3.05, 3.63) is 135 Å². The fraction of sp³-hybridized carbons (Fsp3) is 0.176. The average Bonchev–Trinajstić information content (AvgIpc) is 3.88. The van der Waals surface area contributed by atoms with E-state index in [0.717, 1.165) is 23.8 Å². The normalized spacial score (nSPS) is 13.8. The molecule has 1 aliphatic heterocycles. The van der Waals surface area contributed by atoms with Crippen LogP contribution in [0.25, 0.3) is 17.3 Å². The second kappa shape index (κ2) is 13.8. The molecule has 1 saturated heterocycles. The highest BCUT2D eigenvalue weighted by Crippen LogP contribution is 2.34. The first-order chi connectivity index (χ1) is 22.5. The van der Waals surface area contributed by atoms with Gasteiger partial charge in [0.15, 0.2) is 10.9 Å². The second-order valence-electron chi connectivity index (χ2n) is 10.7. The molecule has 7 rings (SSSR count). The number of carbonyl (C=O) groups is 1. The Bertz CT molecular complexity index is 1880. The fourth-order valence-electron chi connectivity index (χ4n) is 5.62. The number of thioether (sulfide) groups is 1. The Morgan fingerprint density at radius 1 is 0.870 bits per heavy atom. The lowest BCUT2D eigenvalue weighted by atomic mass is 9.96. The SMILES string of the molecule is O=C(c1csc(CSc2nnc(-c3ccco3)n2-c2ccc(Cl)c(Cl)c2)n1)N1CCN(C(c2ccccc2)c2ccccc2)CC1. The predicted octanol–water partition coefficient (Wildman–Crippen LogP) is 8.13. The molecule has 4 heterocycles. The number of hydrogen-bond acceptors (Lipinski definition) is 8. The van der Waals surface area contributed by atoms with Crippen molar-refractivity contribution in [3.63, 3.8) is 0 Å². The van der Waals surface area contributed by atoms with Crippen molar-refractivity contribution in [1.29, 1.82) is 0 Å². The van der Waals surface area contributed by atoms with E-state index in [1.54, 1.807) is 24.5 Å². The number of hydrogen-bond donors (Lipinski definition) is 0. The number of benzene rings is 3. The molecule has 1 fully saturated rings. The molecule has 3 aromatic carbocycles. The van der Waals surface area contributed by atoms with E-state index >= 15 is 0 Å². The van der Waals surface area contributed by atoms with Crippen molar-refractivity contribution in [1.82, 2.24) is 29.5 Å². The number of thiazole rings is 1. The Morgan fingerprint density at radius 2 is 1.59 bits per heavy atom. The van der Waals surface area contributed by atoms with E-state index in [2.05, 4.69) is 63.6 Å². The van der Waals surface area contributed by atoms with Gasteiger partial charge in [0.2, 0.25) is 5.82 Å². The number of rotatable bonds is 9. The molecular weight excluding hydrogens is 659 g/mol. The van der Waals surface area contributed by atoms with Crippen molar-refractivity contribution >= 4 is 52.2 Å². The zero-order valence-electron chi connectivity index (χ0n) is 24.5. The van der Waals surface area contributed by atoms with E-state index in [-0.39, 0.29) is 11.9 Å². The Balaban J connectivity index is 1.03. The third-order valence-corrected chi connectivity index (χ3v) is 10.5. The van der Waals surface area contributed by atoms with Gasteiger partial charge in [-0.1, -0.05) is 95.6 Å². The minimum atomic E-state index is -0.0396. The molecule has 0 unspecified atom stereocenters. The van der Waals surface area contributed by atoms with Gasteiger partial charge in [-0.3, -0.25) is 14.3 Å². The number of furan rings is 1. The lowest BCUT2D eigenvalue weighted by Gasteiger charge is -2.39. The van der Waals surface area contributed by atoms with Gasteiger partial charge < -0.3 is 9.32 Å². The molecule has 0 saturated carbocycles. The molecule has 12 heteroatoms. The van der Waals surface area contributed by atoms with Crippen LogP contribution in [0.15, 0.2) is 112 Å². The maximum absolute atomic E-state index is 13.5. The van der Waals surface area contributed by atoms with Gasteiger partial charge >= 0.3 is 0 Å². The molecule has 232 valence electrons. The van der Waals surface area contributed by atoms with Crippen molar-refractivity contribution in [2.75, 3.05) is 26.2 Å². The van der Waals surface area contributed by atoms with Gasteiger partial charge in [0.05, 0.1) is 33.8 Å². The predicted molar refractivity (Wildman–Crippen MR) is 183 cm³/mol. The summed E-state index contributed by atoms with van der Waals surface area (Å²) in [5.41, 5.74) is 3.73. The summed E-state index contributed by atoms with van der Waals surface area (Å²) in [6, 6.07) is 30.2. The molecule has 0 spiro atoms. The van der Waals surface area contributed by atoms with Gasteiger partial charge in [0, 0.05) is 31.6 Å². The van der Waals surface area contributed by atoms with E-state index in [4.69, 9.17) is 32.6 Å². The highest BCUT2D eigenvalue weighted by molar-refractivity contribution is 7.98. The van der Waals surface area contributed by atoms with Crippen molar-refractivity contribution in [3.8, 4) is 17.3 Å². The maximum atomic E-state index is 13.5. The third-order valence-electron chi connectivity index (χ3n) is 7.83. The number of carbonyl (C=O) groups excluding carboxylic acids is 1. The van der Waals surface area contributed by atoms with E-state index in [0.29, 0.717) is 51.3 Å². The quantitative estimate of drug-likeness (QED) is 0.142. The Hall–Kier alpha value is -3.93. The summed E-state index contributed by atoms with van der Waals surface area (Å²) in [4.78, 5) is 22.6. The zero-order valence-corrected chi connectivity index (χ0v) is 27.6. The molecule has 1 amide bonds. The molecule has 46 heavy (non-hydrogen) atoms. The van der Waals surface area contributed by atoms with Crippen LogP contribution in [0, 0.1) is 0 Å². The summed E-state index contributed by atoms with van der Waals surface area (Å²) in [6.45, 7) is 2.82. The smallest absolute Gasteiger partial charge is 0.273 e. The first kappa shape index (κ1) is 30.7. The first-order valence-electron chi connectivity index (χ1n) is 14.7. The first-order valence-corrected chi connectivity index (χ1v) is 17.3. The molecule has 0 N–H and O–H groups in total.